The number of aromatic nitrogens is 2. The van der Waals surface area contributed by atoms with Gasteiger partial charge < -0.3 is 9.88 Å². The van der Waals surface area contributed by atoms with Gasteiger partial charge in [0.1, 0.15) is 5.56 Å². The van der Waals surface area contributed by atoms with E-state index in [1.807, 2.05) is 28.8 Å². The molecular weight excluding hydrogens is 302 g/mol. The highest BCUT2D eigenvalue weighted by Gasteiger charge is 2.24. The third kappa shape index (κ3) is 2.29. The van der Waals surface area contributed by atoms with Crippen LogP contribution in [-0.2, 0) is 13.0 Å². The largest absolute Gasteiger partial charge is 0.348 e. The number of nitrogens with one attached hydrogen (secondary N) is 1. The minimum absolute atomic E-state index is 0.197. The summed E-state index contributed by atoms with van der Waals surface area (Å²) in [6.07, 6.45) is 5.94. The van der Waals surface area contributed by atoms with Crippen molar-refractivity contribution in [3.63, 3.8) is 0 Å². The topological polar surface area (TPSA) is 64.0 Å². The molecule has 1 aliphatic rings. The summed E-state index contributed by atoms with van der Waals surface area (Å²) in [4.78, 5) is 29.2. The lowest BCUT2D eigenvalue weighted by atomic mass is 10.1. The van der Waals surface area contributed by atoms with Crippen LogP contribution >= 0.6 is 0 Å². The molecule has 24 heavy (non-hydrogen) atoms. The lowest BCUT2D eigenvalue weighted by Gasteiger charge is -2.12. The zero-order chi connectivity index (χ0) is 16.7. The maximum absolute atomic E-state index is 12.7. The van der Waals surface area contributed by atoms with Crippen LogP contribution < -0.4 is 10.7 Å². The van der Waals surface area contributed by atoms with Crippen LogP contribution in [0.2, 0.25) is 0 Å². The molecule has 0 bridgehead atoms. The van der Waals surface area contributed by atoms with E-state index in [0.29, 0.717) is 11.9 Å². The smallest absolute Gasteiger partial charge is 0.257 e. The number of carbonyl (C=O) groups excluding carboxylic acids is 1. The summed E-state index contributed by atoms with van der Waals surface area (Å²) in [6.45, 7) is 2.47. The Morgan fingerprint density at radius 1 is 1.29 bits per heavy atom. The van der Waals surface area contributed by atoms with Crippen molar-refractivity contribution in [2.75, 3.05) is 0 Å². The van der Waals surface area contributed by atoms with Crippen LogP contribution in [0, 0.1) is 0 Å². The number of nitrogens with zero attached hydrogens (tertiary/aromatic N) is 2. The van der Waals surface area contributed by atoms with Gasteiger partial charge in [0.2, 0.25) is 5.43 Å². The van der Waals surface area contributed by atoms with Crippen molar-refractivity contribution in [3.05, 3.63) is 75.8 Å². The summed E-state index contributed by atoms with van der Waals surface area (Å²) < 4.78 is 2.05. The van der Waals surface area contributed by atoms with Crippen LogP contribution in [0.5, 0.6) is 0 Å². The van der Waals surface area contributed by atoms with Crippen LogP contribution in [0.3, 0.4) is 0 Å². The molecule has 4 rings (SSSR count). The third-order valence-electron chi connectivity index (χ3n) is 4.57. The number of pyridine rings is 2. The molecule has 0 aliphatic carbocycles. The van der Waals surface area contributed by atoms with E-state index in [-0.39, 0.29) is 22.9 Å². The van der Waals surface area contributed by atoms with Gasteiger partial charge in [-0.3, -0.25) is 14.6 Å². The van der Waals surface area contributed by atoms with Gasteiger partial charge in [-0.25, -0.2) is 0 Å². The van der Waals surface area contributed by atoms with Crippen molar-refractivity contribution in [2.45, 2.75) is 25.9 Å². The van der Waals surface area contributed by atoms with Gasteiger partial charge in [-0.05, 0) is 42.7 Å². The van der Waals surface area contributed by atoms with Gasteiger partial charge in [0.05, 0.1) is 5.52 Å². The standard InChI is InChI=1S/C19H17N3O2/c1-12-9-14-3-2-4-15-17(14)22(12)11-16(18(15)23)19(24)21-10-13-5-7-20-8-6-13/h2-8,11-12H,9-10H2,1H3,(H,21,24). The van der Waals surface area contributed by atoms with E-state index >= 15 is 0 Å². The van der Waals surface area contributed by atoms with Gasteiger partial charge in [0, 0.05) is 36.6 Å². The number of para-hydroxylation sites is 1. The van der Waals surface area contributed by atoms with Crippen molar-refractivity contribution in [3.8, 4) is 0 Å². The van der Waals surface area contributed by atoms with Gasteiger partial charge in [-0.1, -0.05) is 12.1 Å². The zero-order valence-electron chi connectivity index (χ0n) is 13.3. The zero-order valence-corrected chi connectivity index (χ0v) is 13.3. The van der Waals surface area contributed by atoms with Crippen LogP contribution in [0.25, 0.3) is 10.9 Å². The molecule has 0 saturated heterocycles. The number of rotatable bonds is 3. The number of hydrogen-bond donors (Lipinski definition) is 1. The summed E-state index contributed by atoms with van der Waals surface area (Å²) in [6, 6.07) is 9.65. The molecule has 5 heteroatoms. The van der Waals surface area contributed by atoms with Gasteiger partial charge >= 0.3 is 0 Å². The monoisotopic (exact) mass is 319 g/mol. The molecule has 1 amide bonds. The predicted octanol–water partition coefficient (Wildman–Crippen LogP) is 2.44. The maximum Gasteiger partial charge on any atom is 0.257 e. The second kappa shape index (κ2) is 5.60. The van der Waals surface area contributed by atoms with E-state index in [1.165, 1.54) is 5.56 Å². The Balaban J connectivity index is 1.72. The molecule has 3 aromatic rings. The van der Waals surface area contributed by atoms with E-state index in [2.05, 4.69) is 17.2 Å². The number of carbonyl (C=O) groups is 1. The first-order chi connectivity index (χ1) is 11.6. The fraction of sp³-hybridized carbons (Fsp3) is 0.211. The number of amides is 1. The molecule has 1 aliphatic heterocycles. The Bertz CT molecular complexity index is 993. The molecule has 1 atom stereocenters. The second-order valence-corrected chi connectivity index (χ2v) is 6.18. The van der Waals surface area contributed by atoms with Gasteiger partial charge in [-0.15, -0.1) is 0 Å². The Labute approximate surface area is 139 Å². The Morgan fingerprint density at radius 2 is 2.08 bits per heavy atom. The first-order valence-corrected chi connectivity index (χ1v) is 7.99. The molecule has 0 fully saturated rings. The molecule has 5 nitrogen and oxygen atoms in total. The molecule has 120 valence electrons. The Kier molecular flexibility index (Phi) is 3.41. The van der Waals surface area contributed by atoms with Crippen LogP contribution in [-0.4, -0.2) is 15.5 Å². The van der Waals surface area contributed by atoms with Gasteiger partial charge in [0.25, 0.3) is 5.91 Å². The van der Waals surface area contributed by atoms with Crippen LogP contribution in [0.1, 0.15) is 34.5 Å². The molecule has 3 heterocycles. The van der Waals surface area contributed by atoms with E-state index in [9.17, 15) is 9.59 Å². The molecular formula is C19H17N3O2. The Morgan fingerprint density at radius 3 is 2.88 bits per heavy atom. The van der Waals surface area contributed by atoms with E-state index in [1.54, 1.807) is 24.7 Å². The van der Waals surface area contributed by atoms with Crippen LogP contribution in [0.4, 0.5) is 0 Å². The molecule has 0 saturated carbocycles. The normalized spacial score (nSPS) is 15.6. The molecule has 2 aromatic heterocycles. The highest BCUT2D eigenvalue weighted by atomic mass is 16.2. The lowest BCUT2D eigenvalue weighted by molar-refractivity contribution is 0.0949. The Hall–Kier alpha value is -2.95. The highest BCUT2D eigenvalue weighted by molar-refractivity contribution is 5.98. The highest BCUT2D eigenvalue weighted by Crippen LogP contribution is 2.30. The van der Waals surface area contributed by atoms with Crippen molar-refractivity contribution in [1.29, 1.82) is 0 Å². The fourth-order valence-corrected chi connectivity index (χ4v) is 3.36. The summed E-state index contributed by atoms with van der Waals surface area (Å²) in [5.41, 5.74) is 3.06. The molecule has 0 radical (unpaired) electrons. The predicted molar refractivity (Wildman–Crippen MR) is 92.0 cm³/mol. The first kappa shape index (κ1) is 14.6. The van der Waals surface area contributed by atoms with Crippen molar-refractivity contribution in [1.82, 2.24) is 14.9 Å². The van der Waals surface area contributed by atoms with Gasteiger partial charge in [0.15, 0.2) is 0 Å². The van der Waals surface area contributed by atoms with E-state index < -0.39 is 0 Å². The second-order valence-electron chi connectivity index (χ2n) is 6.18. The number of benzene rings is 1. The minimum atomic E-state index is -0.341. The molecule has 1 N–H and O–H groups in total. The van der Waals surface area contributed by atoms with Crippen LogP contribution in [0.15, 0.2) is 53.7 Å². The molecule has 0 spiro atoms. The average Bonchev–Trinajstić information content (AvgIpc) is 2.93. The lowest BCUT2D eigenvalue weighted by Crippen LogP contribution is -2.29. The summed E-state index contributed by atoms with van der Waals surface area (Å²) in [7, 11) is 0. The minimum Gasteiger partial charge on any atom is -0.348 e. The first-order valence-electron chi connectivity index (χ1n) is 7.99. The van der Waals surface area contributed by atoms with Crippen molar-refractivity contribution >= 4 is 16.8 Å². The molecule has 1 unspecified atom stereocenters. The van der Waals surface area contributed by atoms with Gasteiger partial charge in [-0.2, -0.15) is 0 Å². The van der Waals surface area contributed by atoms with Crippen molar-refractivity contribution < 1.29 is 4.79 Å². The molecule has 1 aromatic carbocycles. The third-order valence-corrected chi connectivity index (χ3v) is 4.57. The van der Waals surface area contributed by atoms with Crippen molar-refractivity contribution in [2.24, 2.45) is 0 Å². The fourth-order valence-electron chi connectivity index (χ4n) is 3.36. The summed E-state index contributed by atoms with van der Waals surface area (Å²) in [5, 5.41) is 3.44. The number of hydrogen-bond acceptors (Lipinski definition) is 3. The quantitative estimate of drug-likeness (QED) is 0.806. The summed E-state index contributed by atoms with van der Waals surface area (Å²) in [5.74, 6) is -0.341. The van der Waals surface area contributed by atoms with E-state index in [0.717, 1.165) is 17.5 Å². The maximum atomic E-state index is 12.7. The SMILES string of the molecule is CC1Cc2cccc3c(=O)c(C(=O)NCc4ccncc4)cn1c23. The average molecular weight is 319 g/mol. The van der Waals surface area contributed by atoms with E-state index in [4.69, 9.17) is 0 Å². The summed E-state index contributed by atoms with van der Waals surface area (Å²) >= 11 is 0.